The molecule has 0 bridgehead atoms. The summed E-state index contributed by atoms with van der Waals surface area (Å²) in [7, 11) is 1.53. The molecule has 1 amide bonds. The predicted octanol–water partition coefficient (Wildman–Crippen LogP) is 3.48. The predicted molar refractivity (Wildman–Crippen MR) is 95.7 cm³/mol. The molecule has 5 heteroatoms. The number of carbonyl (C=O) groups excluding carboxylic acids is 2. The SMILES string of the molecule is COc1cc(C)ccc1OC(=O)CC(NC(C)=O)c1ccc(C)cc1. The summed E-state index contributed by atoms with van der Waals surface area (Å²) in [5.74, 6) is 0.219. The maximum atomic E-state index is 12.4. The average molecular weight is 341 g/mol. The third-order valence-corrected chi connectivity index (χ3v) is 3.77. The Morgan fingerprint density at radius 3 is 2.24 bits per heavy atom. The van der Waals surface area contributed by atoms with Gasteiger partial charge in [-0.1, -0.05) is 35.9 Å². The van der Waals surface area contributed by atoms with E-state index in [1.54, 1.807) is 12.1 Å². The zero-order valence-electron chi connectivity index (χ0n) is 15.0. The highest BCUT2D eigenvalue weighted by molar-refractivity contribution is 5.77. The minimum Gasteiger partial charge on any atom is -0.493 e. The zero-order valence-corrected chi connectivity index (χ0v) is 15.0. The molecule has 1 atom stereocenters. The molecular weight excluding hydrogens is 318 g/mol. The number of esters is 1. The molecule has 0 aliphatic heterocycles. The van der Waals surface area contributed by atoms with Crippen LogP contribution >= 0.6 is 0 Å². The second kappa shape index (κ2) is 8.33. The van der Waals surface area contributed by atoms with Crippen LogP contribution in [0.2, 0.25) is 0 Å². The van der Waals surface area contributed by atoms with Gasteiger partial charge in [-0.2, -0.15) is 0 Å². The smallest absolute Gasteiger partial charge is 0.313 e. The van der Waals surface area contributed by atoms with Crippen molar-refractivity contribution in [2.24, 2.45) is 0 Å². The summed E-state index contributed by atoms with van der Waals surface area (Å²) in [6.07, 6.45) is 0.0275. The number of rotatable bonds is 6. The monoisotopic (exact) mass is 341 g/mol. The first-order valence-electron chi connectivity index (χ1n) is 8.08. The summed E-state index contributed by atoms with van der Waals surface area (Å²) in [4.78, 5) is 23.9. The highest BCUT2D eigenvalue weighted by atomic mass is 16.6. The van der Waals surface area contributed by atoms with Crippen LogP contribution in [-0.2, 0) is 9.59 Å². The van der Waals surface area contributed by atoms with Crippen LogP contribution in [0.1, 0.15) is 36.1 Å². The van der Waals surface area contributed by atoms with Crippen molar-refractivity contribution in [2.75, 3.05) is 7.11 Å². The van der Waals surface area contributed by atoms with E-state index in [1.165, 1.54) is 14.0 Å². The minimum atomic E-state index is -0.443. The Bertz CT molecular complexity index is 753. The van der Waals surface area contributed by atoms with Crippen molar-refractivity contribution in [3.8, 4) is 11.5 Å². The zero-order chi connectivity index (χ0) is 18.4. The summed E-state index contributed by atoms with van der Waals surface area (Å²) in [6, 6.07) is 12.6. The van der Waals surface area contributed by atoms with E-state index in [1.807, 2.05) is 44.2 Å². The highest BCUT2D eigenvalue weighted by Crippen LogP contribution is 2.29. The summed E-state index contributed by atoms with van der Waals surface area (Å²) in [5.41, 5.74) is 2.97. The second-order valence-electron chi connectivity index (χ2n) is 6.00. The van der Waals surface area contributed by atoms with E-state index in [0.717, 1.165) is 16.7 Å². The number of ether oxygens (including phenoxy) is 2. The maximum Gasteiger partial charge on any atom is 0.313 e. The number of hydrogen-bond acceptors (Lipinski definition) is 4. The van der Waals surface area contributed by atoms with Gasteiger partial charge in [-0.05, 0) is 37.1 Å². The van der Waals surface area contributed by atoms with Gasteiger partial charge in [-0.25, -0.2) is 0 Å². The van der Waals surface area contributed by atoms with Gasteiger partial charge in [0, 0.05) is 6.92 Å². The van der Waals surface area contributed by atoms with Crippen LogP contribution in [0.25, 0.3) is 0 Å². The Labute approximate surface area is 148 Å². The largest absolute Gasteiger partial charge is 0.493 e. The Morgan fingerprint density at radius 1 is 1.00 bits per heavy atom. The lowest BCUT2D eigenvalue weighted by Gasteiger charge is -2.18. The van der Waals surface area contributed by atoms with Crippen LogP contribution in [0.5, 0.6) is 11.5 Å². The van der Waals surface area contributed by atoms with Crippen LogP contribution in [0.4, 0.5) is 0 Å². The minimum absolute atomic E-state index is 0.0275. The van der Waals surface area contributed by atoms with Gasteiger partial charge in [0.2, 0.25) is 5.91 Å². The van der Waals surface area contributed by atoms with Gasteiger partial charge in [0.1, 0.15) is 0 Å². The van der Waals surface area contributed by atoms with Crippen LogP contribution in [0, 0.1) is 13.8 Å². The molecule has 0 aromatic heterocycles. The van der Waals surface area contributed by atoms with Crippen molar-refractivity contribution in [3.63, 3.8) is 0 Å². The van der Waals surface area contributed by atoms with Crippen LogP contribution in [0.3, 0.4) is 0 Å². The molecule has 0 heterocycles. The fourth-order valence-electron chi connectivity index (χ4n) is 2.49. The molecule has 0 fully saturated rings. The lowest BCUT2D eigenvalue weighted by atomic mass is 10.0. The van der Waals surface area contributed by atoms with Crippen molar-refractivity contribution in [1.82, 2.24) is 5.32 Å². The first-order valence-corrected chi connectivity index (χ1v) is 8.08. The number of methoxy groups -OCH3 is 1. The van der Waals surface area contributed by atoms with E-state index in [4.69, 9.17) is 9.47 Å². The number of nitrogens with one attached hydrogen (secondary N) is 1. The quantitative estimate of drug-likeness (QED) is 0.645. The first kappa shape index (κ1) is 18.5. The van der Waals surface area contributed by atoms with Gasteiger partial charge >= 0.3 is 5.97 Å². The Hall–Kier alpha value is -2.82. The molecular formula is C20H23NO4. The van der Waals surface area contributed by atoms with Crippen molar-refractivity contribution < 1.29 is 19.1 Å². The summed E-state index contributed by atoms with van der Waals surface area (Å²) in [5, 5.41) is 2.80. The Morgan fingerprint density at radius 2 is 1.64 bits per heavy atom. The molecule has 0 saturated carbocycles. The third-order valence-electron chi connectivity index (χ3n) is 3.77. The molecule has 0 radical (unpaired) electrons. The summed E-state index contributed by atoms with van der Waals surface area (Å²) >= 11 is 0. The first-order chi connectivity index (χ1) is 11.9. The van der Waals surface area contributed by atoms with Gasteiger partial charge in [0.25, 0.3) is 0 Å². The van der Waals surface area contributed by atoms with Crippen molar-refractivity contribution in [3.05, 3.63) is 59.2 Å². The molecule has 0 aliphatic carbocycles. The third kappa shape index (κ3) is 5.35. The van der Waals surface area contributed by atoms with Gasteiger partial charge in [0.15, 0.2) is 11.5 Å². The van der Waals surface area contributed by atoms with Crippen molar-refractivity contribution >= 4 is 11.9 Å². The molecule has 2 aromatic rings. The average Bonchev–Trinajstić information content (AvgIpc) is 2.56. The Kier molecular flexibility index (Phi) is 6.17. The standard InChI is InChI=1S/C20H23NO4/c1-13-5-8-16(9-6-13)17(21-15(3)22)12-20(23)25-18-10-7-14(2)11-19(18)24-4/h5-11,17H,12H2,1-4H3,(H,21,22). The summed E-state index contributed by atoms with van der Waals surface area (Å²) in [6.45, 7) is 5.34. The molecule has 2 aromatic carbocycles. The molecule has 1 unspecified atom stereocenters. The van der Waals surface area contributed by atoms with Gasteiger partial charge in [-0.3, -0.25) is 9.59 Å². The van der Waals surface area contributed by atoms with Crippen molar-refractivity contribution in [1.29, 1.82) is 0 Å². The van der Waals surface area contributed by atoms with E-state index < -0.39 is 12.0 Å². The van der Waals surface area contributed by atoms with Gasteiger partial charge in [-0.15, -0.1) is 0 Å². The molecule has 0 aliphatic rings. The fraction of sp³-hybridized carbons (Fsp3) is 0.300. The van der Waals surface area contributed by atoms with Crippen LogP contribution < -0.4 is 14.8 Å². The van der Waals surface area contributed by atoms with E-state index in [9.17, 15) is 9.59 Å². The normalized spacial score (nSPS) is 11.5. The van der Waals surface area contributed by atoms with Gasteiger partial charge < -0.3 is 14.8 Å². The molecule has 132 valence electrons. The molecule has 25 heavy (non-hydrogen) atoms. The number of hydrogen-bond donors (Lipinski definition) is 1. The van der Waals surface area contributed by atoms with E-state index in [-0.39, 0.29) is 12.3 Å². The lowest BCUT2D eigenvalue weighted by molar-refractivity contribution is -0.135. The van der Waals surface area contributed by atoms with Crippen LogP contribution in [-0.4, -0.2) is 19.0 Å². The lowest BCUT2D eigenvalue weighted by Crippen LogP contribution is -2.29. The topological polar surface area (TPSA) is 64.6 Å². The summed E-state index contributed by atoms with van der Waals surface area (Å²) < 4.78 is 10.7. The van der Waals surface area contributed by atoms with Crippen molar-refractivity contribution in [2.45, 2.75) is 33.2 Å². The number of carbonyl (C=O) groups is 2. The van der Waals surface area contributed by atoms with Crippen LogP contribution in [0.15, 0.2) is 42.5 Å². The number of benzene rings is 2. The van der Waals surface area contributed by atoms with E-state index in [0.29, 0.717) is 11.5 Å². The molecule has 1 N–H and O–H groups in total. The number of amides is 1. The molecule has 2 rings (SSSR count). The molecule has 0 spiro atoms. The highest BCUT2D eigenvalue weighted by Gasteiger charge is 2.19. The number of aryl methyl sites for hydroxylation is 2. The van der Waals surface area contributed by atoms with Gasteiger partial charge in [0.05, 0.1) is 19.6 Å². The molecule has 0 saturated heterocycles. The second-order valence-corrected chi connectivity index (χ2v) is 6.00. The molecule has 5 nitrogen and oxygen atoms in total. The van der Waals surface area contributed by atoms with E-state index >= 15 is 0 Å². The van der Waals surface area contributed by atoms with E-state index in [2.05, 4.69) is 5.32 Å². The fourth-order valence-corrected chi connectivity index (χ4v) is 2.49. The Balaban J connectivity index is 2.14. The maximum absolute atomic E-state index is 12.4.